The molecule has 1 aromatic carbocycles. The number of H-pyrrole nitrogens is 1. The fourth-order valence-corrected chi connectivity index (χ4v) is 2.73. The van der Waals surface area contributed by atoms with E-state index in [2.05, 4.69) is 25.7 Å². The minimum atomic E-state index is 0.384. The standard InChI is InChI=1S/C15H18N6O3/c1-8-13(9(2)21(18-8)15-16-19-20-17-15)10-6-11(22-3)14(24-5)12(7-10)23-4/h6-7H,1-5H3,(H,16,17,19,20). The van der Waals surface area contributed by atoms with E-state index in [0.29, 0.717) is 23.2 Å². The van der Waals surface area contributed by atoms with Gasteiger partial charge in [-0.25, -0.2) is 0 Å². The smallest absolute Gasteiger partial charge is 0.290 e. The Morgan fingerprint density at radius 3 is 2.17 bits per heavy atom. The summed E-state index contributed by atoms with van der Waals surface area (Å²) in [6.45, 7) is 3.86. The average Bonchev–Trinajstić information content (AvgIpc) is 3.21. The van der Waals surface area contributed by atoms with E-state index in [-0.39, 0.29) is 0 Å². The minimum Gasteiger partial charge on any atom is -0.493 e. The van der Waals surface area contributed by atoms with E-state index in [0.717, 1.165) is 22.5 Å². The number of tetrazole rings is 1. The van der Waals surface area contributed by atoms with Gasteiger partial charge in [0, 0.05) is 5.56 Å². The molecule has 2 aromatic heterocycles. The van der Waals surface area contributed by atoms with E-state index >= 15 is 0 Å². The van der Waals surface area contributed by atoms with Gasteiger partial charge in [-0.1, -0.05) is 5.10 Å². The number of nitrogens with zero attached hydrogens (tertiary/aromatic N) is 5. The van der Waals surface area contributed by atoms with Crippen molar-refractivity contribution < 1.29 is 14.2 Å². The predicted molar refractivity (Wildman–Crippen MR) is 85.9 cm³/mol. The lowest BCUT2D eigenvalue weighted by atomic mass is 10.0. The van der Waals surface area contributed by atoms with Crippen LogP contribution < -0.4 is 14.2 Å². The van der Waals surface area contributed by atoms with Gasteiger partial charge in [0.1, 0.15) is 0 Å². The zero-order valence-electron chi connectivity index (χ0n) is 14.1. The summed E-state index contributed by atoms with van der Waals surface area (Å²) in [5.74, 6) is 2.09. The molecule has 0 amide bonds. The van der Waals surface area contributed by atoms with Crippen molar-refractivity contribution in [3.63, 3.8) is 0 Å². The molecule has 0 aliphatic carbocycles. The van der Waals surface area contributed by atoms with Gasteiger partial charge in [-0.05, 0) is 36.8 Å². The lowest BCUT2D eigenvalue weighted by Crippen LogP contribution is -2.01. The molecule has 0 saturated carbocycles. The summed E-state index contributed by atoms with van der Waals surface area (Å²) >= 11 is 0. The maximum absolute atomic E-state index is 5.43. The second kappa shape index (κ2) is 6.19. The van der Waals surface area contributed by atoms with E-state index in [1.54, 1.807) is 26.0 Å². The van der Waals surface area contributed by atoms with Crippen LogP contribution in [0.25, 0.3) is 17.1 Å². The van der Waals surface area contributed by atoms with E-state index in [9.17, 15) is 0 Å². The van der Waals surface area contributed by atoms with Crippen molar-refractivity contribution in [1.82, 2.24) is 30.4 Å². The van der Waals surface area contributed by atoms with Crippen LogP contribution in [-0.4, -0.2) is 51.7 Å². The summed E-state index contributed by atoms with van der Waals surface area (Å²) in [6, 6.07) is 3.78. The van der Waals surface area contributed by atoms with Gasteiger partial charge in [-0.15, -0.1) is 5.10 Å². The van der Waals surface area contributed by atoms with Gasteiger partial charge in [0.2, 0.25) is 5.75 Å². The molecule has 0 unspecified atom stereocenters. The number of aryl methyl sites for hydroxylation is 1. The zero-order valence-corrected chi connectivity index (χ0v) is 14.1. The first kappa shape index (κ1) is 15.8. The lowest BCUT2D eigenvalue weighted by Gasteiger charge is -2.14. The summed E-state index contributed by atoms with van der Waals surface area (Å²) in [5, 5.41) is 18.5. The van der Waals surface area contributed by atoms with E-state index in [1.165, 1.54) is 0 Å². The van der Waals surface area contributed by atoms with Crippen molar-refractivity contribution >= 4 is 0 Å². The number of aromatic amines is 1. The Morgan fingerprint density at radius 2 is 1.67 bits per heavy atom. The van der Waals surface area contributed by atoms with E-state index in [4.69, 9.17) is 14.2 Å². The van der Waals surface area contributed by atoms with Gasteiger partial charge >= 0.3 is 0 Å². The van der Waals surface area contributed by atoms with Gasteiger partial charge in [-0.3, -0.25) is 0 Å². The highest BCUT2D eigenvalue weighted by atomic mass is 16.5. The normalized spacial score (nSPS) is 10.7. The Bertz CT molecular complexity index is 831. The molecular formula is C15H18N6O3. The average molecular weight is 330 g/mol. The maximum Gasteiger partial charge on any atom is 0.290 e. The van der Waals surface area contributed by atoms with Crippen LogP contribution in [0.4, 0.5) is 0 Å². The van der Waals surface area contributed by atoms with Gasteiger partial charge in [0.05, 0.1) is 32.7 Å². The SMILES string of the molecule is COc1cc(-c2c(C)nn(-c3nn[nH]n3)c2C)cc(OC)c1OC. The molecule has 0 atom stereocenters. The number of rotatable bonds is 5. The number of aromatic nitrogens is 6. The topological polar surface area (TPSA) is 100.0 Å². The highest BCUT2D eigenvalue weighted by Crippen LogP contribution is 2.42. The maximum atomic E-state index is 5.43. The Kier molecular flexibility index (Phi) is 4.07. The molecule has 0 saturated heterocycles. The molecule has 0 radical (unpaired) electrons. The molecule has 24 heavy (non-hydrogen) atoms. The van der Waals surface area contributed by atoms with Crippen molar-refractivity contribution in [1.29, 1.82) is 0 Å². The van der Waals surface area contributed by atoms with Crippen LogP contribution in [-0.2, 0) is 0 Å². The third kappa shape index (κ3) is 2.43. The summed E-state index contributed by atoms with van der Waals surface area (Å²) in [7, 11) is 4.75. The van der Waals surface area contributed by atoms with Crippen LogP contribution in [0.15, 0.2) is 12.1 Å². The number of hydrogen-bond acceptors (Lipinski definition) is 7. The molecule has 9 nitrogen and oxygen atoms in total. The van der Waals surface area contributed by atoms with Crippen LogP contribution in [0.3, 0.4) is 0 Å². The number of hydrogen-bond donors (Lipinski definition) is 1. The Balaban J connectivity index is 2.20. The number of ether oxygens (including phenoxy) is 3. The molecule has 3 aromatic rings. The van der Waals surface area contributed by atoms with Crippen LogP contribution in [0, 0.1) is 13.8 Å². The summed E-state index contributed by atoms with van der Waals surface area (Å²) in [5.41, 5.74) is 3.54. The minimum absolute atomic E-state index is 0.384. The molecule has 2 heterocycles. The van der Waals surface area contributed by atoms with Gasteiger partial charge in [0.15, 0.2) is 11.5 Å². The molecular weight excluding hydrogens is 312 g/mol. The van der Waals surface area contributed by atoms with Crippen molar-refractivity contribution in [3.05, 3.63) is 23.5 Å². The Labute approximate surface area is 138 Å². The molecule has 3 rings (SSSR count). The Morgan fingerprint density at radius 1 is 1.00 bits per heavy atom. The first-order valence-electron chi connectivity index (χ1n) is 7.21. The van der Waals surface area contributed by atoms with Crippen molar-refractivity contribution in [2.24, 2.45) is 0 Å². The van der Waals surface area contributed by atoms with Crippen LogP contribution in [0.5, 0.6) is 17.2 Å². The third-order valence-electron chi connectivity index (χ3n) is 3.77. The second-order valence-electron chi connectivity index (χ2n) is 5.08. The molecule has 126 valence electrons. The zero-order chi connectivity index (χ0) is 17.3. The van der Waals surface area contributed by atoms with Crippen LogP contribution in [0.2, 0.25) is 0 Å². The summed E-state index contributed by atoms with van der Waals surface area (Å²) in [4.78, 5) is 0. The van der Waals surface area contributed by atoms with E-state index in [1.807, 2.05) is 26.0 Å². The first-order valence-corrected chi connectivity index (χ1v) is 7.21. The Hall–Kier alpha value is -3.10. The largest absolute Gasteiger partial charge is 0.493 e. The quantitative estimate of drug-likeness (QED) is 0.760. The highest BCUT2D eigenvalue weighted by Gasteiger charge is 2.20. The van der Waals surface area contributed by atoms with Crippen molar-refractivity contribution in [2.45, 2.75) is 13.8 Å². The molecule has 0 bridgehead atoms. The number of benzene rings is 1. The van der Waals surface area contributed by atoms with Crippen LogP contribution in [0.1, 0.15) is 11.4 Å². The van der Waals surface area contributed by atoms with Gasteiger partial charge < -0.3 is 14.2 Å². The van der Waals surface area contributed by atoms with Gasteiger partial charge in [-0.2, -0.15) is 15.0 Å². The van der Waals surface area contributed by atoms with Crippen molar-refractivity contribution in [2.75, 3.05) is 21.3 Å². The van der Waals surface area contributed by atoms with Crippen LogP contribution >= 0.6 is 0 Å². The number of methoxy groups -OCH3 is 3. The highest BCUT2D eigenvalue weighted by molar-refractivity contribution is 5.74. The summed E-state index contributed by atoms with van der Waals surface area (Å²) in [6.07, 6.45) is 0. The number of nitrogens with one attached hydrogen (secondary N) is 1. The fourth-order valence-electron chi connectivity index (χ4n) is 2.73. The molecule has 9 heteroatoms. The second-order valence-corrected chi connectivity index (χ2v) is 5.08. The first-order chi connectivity index (χ1) is 11.6. The third-order valence-corrected chi connectivity index (χ3v) is 3.77. The summed E-state index contributed by atoms with van der Waals surface area (Å²) < 4.78 is 17.9. The lowest BCUT2D eigenvalue weighted by molar-refractivity contribution is 0.324. The predicted octanol–water partition coefficient (Wildman–Crippen LogP) is 1.70. The molecule has 0 aliphatic rings. The molecule has 1 N–H and O–H groups in total. The molecule has 0 aliphatic heterocycles. The monoisotopic (exact) mass is 330 g/mol. The van der Waals surface area contributed by atoms with E-state index < -0.39 is 0 Å². The molecule has 0 spiro atoms. The fraction of sp³-hybridized carbons (Fsp3) is 0.333. The van der Waals surface area contributed by atoms with Crippen molar-refractivity contribution in [3.8, 4) is 34.3 Å². The molecule has 0 fully saturated rings. The van der Waals surface area contributed by atoms with Gasteiger partial charge in [0.25, 0.3) is 5.95 Å².